The van der Waals surface area contributed by atoms with Gasteiger partial charge in [0.2, 0.25) is 6.33 Å². The van der Waals surface area contributed by atoms with Crippen molar-refractivity contribution in [2.75, 3.05) is 0 Å². The number of carbonyl (C=O) groups excluding carboxylic acids is 1. The summed E-state index contributed by atoms with van der Waals surface area (Å²) in [5.74, 6) is -0.976. The van der Waals surface area contributed by atoms with Crippen LogP contribution in [0.25, 0.3) is 0 Å². The van der Waals surface area contributed by atoms with Gasteiger partial charge < -0.3 is 9.90 Å². The van der Waals surface area contributed by atoms with Crippen molar-refractivity contribution in [3.8, 4) is 0 Å². The molecular weight excluding hydrogens is 168 g/mol. The van der Waals surface area contributed by atoms with Crippen LogP contribution in [-0.4, -0.2) is 10.5 Å². The first-order valence-corrected chi connectivity index (χ1v) is 4.47. The highest BCUT2D eigenvalue weighted by molar-refractivity contribution is 5.63. The van der Waals surface area contributed by atoms with Gasteiger partial charge >= 0.3 is 0 Å². The molecule has 0 unspecified atom stereocenters. The molecule has 72 valence electrons. The van der Waals surface area contributed by atoms with Crippen molar-refractivity contribution >= 4 is 5.97 Å². The third kappa shape index (κ3) is 3.27. The molecule has 0 aromatic carbocycles. The lowest BCUT2D eigenvalue weighted by atomic mass is 10.3. The van der Waals surface area contributed by atoms with E-state index in [9.17, 15) is 9.90 Å². The number of nitrogens with zero attached hydrogens (tertiary/aromatic N) is 2. The minimum atomic E-state index is -0.976. The summed E-state index contributed by atoms with van der Waals surface area (Å²) in [6.07, 6.45) is 6.64. The molecule has 13 heavy (non-hydrogen) atoms. The summed E-state index contributed by atoms with van der Waals surface area (Å²) in [7, 11) is 0. The number of aliphatic carboxylic acids is 1. The normalized spacial score (nSPS) is 10.2. The molecule has 0 fully saturated rings. The summed E-state index contributed by atoms with van der Waals surface area (Å²) >= 11 is 0. The van der Waals surface area contributed by atoms with Gasteiger partial charge in [-0.1, -0.05) is 0 Å². The van der Waals surface area contributed by atoms with Crippen molar-refractivity contribution < 1.29 is 14.5 Å². The second-order valence-electron chi connectivity index (χ2n) is 2.96. The zero-order chi connectivity index (χ0) is 9.68. The Bertz CT molecular complexity index is 281. The summed E-state index contributed by atoms with van der Waals surface area (Å²) in [5.41, 5.74) is 0. The van der Waals surface area contributed by atoms with Crippen LogP contribution < -0.4 is 9.67 Å². The summed E-state index contributed by atoms with van der Waals surface area (Å²) in [6.45, 7) is 3.74. The van der Waals surface area contributed by atoms with Crippen molar-refractivity contribution in [2.24, 2.45) is 0 Å². The highest BCUT2D eigenvalue weighted by Crippen LogP contribution is 1.88. The molecule has 4 nitrogen and oxygen atoms in total. The van der Waals surface area contributed by atoms with Crippen molar-refractivity contribution in [3.63, 3.8) is 0 Å². The van der Waals surface area contributed by atoms with Gasteiger partial charge in [-0.25, -0.2) is 9.13 Å². The average Bonchev–Trinajstić information content (AvgIpc) is 2.52. The van der Waals surface area contributed by atoms with Gasteiger partial charge in [0.05, 0.1) is 13.1 Å². The summed E-state index contributed by atoms with van der Waals surface area (Å²) in [4.78, 5) is 10.1. The molecule has 0 aliphatic carbocycles. The van der Waals surface area contributed by atoms with E-state index in [1.54, 1.807) is 0 Å². The Balaban J connectivity index is 2.32. The van der Waals surface area contributed by atoms with Crippen LogP contribution in [0.1, 0.15) is 19.8 Å². The van der Waals surface area contributed by atoms with Gasteiger partial charge in [-0.2, -0.15) is 0 Å². The first-order chi connectivity index (χ1) is 6.22. The van der Waals surface area contributed by atoms with E-state index >= 15 is 0 Å². The third-order valence-corrected chi connectivity index (χ3v) is 1.91. The predicted octanol–water partition coefficient (Wildman–Crippen LogP) is -0.674. The minimum absolute atomic E-state index is 0.129. The summed E-state index contributed by atoms with van der Waals surface area (Å²) in [5, 5.41) is 10.1. The van der Waals surface area contributed by atoms with Crippen LogP contribution in [0.15, 0.2) is 18.7 Å². The molecule has 0 N–H and O–H groups in total. The molecule has 0 saturated carbocycles. The molecular formula is C9H14N2O2. The Morgan fingerprint density at radius 2 is 2.38 bits per heavy atom. The number of carboxylic acid groups (broad SMARTS) is 1. The van der Waals surface area contributed by atoms with Crippen molar-refractivity contribution in [3.05, 3.63) is 18.7 Å². The molecule has 0 aliphatic heterocycles. The van der Waals surface area contributed by atoms with Crippen LogP contribution in [0, 0.1) is 0 Å². The molecule has 1 rings (SSSR count). The van der Waals surface area contributed by atoms with Crippen molar-refractivity contribution in [1.82, 2.24) is 4.57 Å². The predicted molar refractivity (Wildman–Crippen MR) is 44.5 cm³/mol. The highest BCUT2D eigenvalue weighted by atomic mass is 16.4. The van der Waals surface area contributed by atoms with Gasteiger partial charge in [0, 0.05) is 5.97 Å². The van der Waals surface area contributed by atoms with E-state index in [2.05, 4.69) is 6.92 Å². The van der Waals surface area contributed by atoms with E-state index in [0.29, 0.717) is 6.42 Å². The molecule has 1 aromatic heterocycles. The topological polar surface area (TPSA) is 48.9 Å². The number of imidazole rings is 1. The first-order valence-electron chi connectivity index (χ1n) is 4.47. The van der Waals surface area contributed by atoms with Gasteiger partial charge in [-0.05, 0) is 19.8 Å². The Kier molecular flexibility index (Phi) is 3.49. The molecule has 0 bridgehead atoms. The molecule has 1 aromatic rings. The first kappa shape index (κ1) is 9.77. The van der Waals surface area contributed by atoms with Crippen LogP contribution in [0.5, 0.6) is 0 Å². The maximum absolute atomic E-state index is 10.1. The van der Waals surface area contributed by atoms with Gasteiger partial charge in [0.1, 0.15) is 12.4 Å². The summed E-state index contributed by atoms with van der Waals surface area (Å²) in [6, 6.07) is 0. The molecule has 0 radical (unpaired) electrons. The van der Waals surface area contributed by atoms with Gasteiger partial charge in [-0.3, -0.25) is 0 Å². The molecule has 0 saturated heterocycles. The minimum Gasteiger partial charge on any atom is -0.550 e. The van der Waals surface area contributed by atoms with Crippen LogP contribution in [0.3, 0.4) is 0 Å². The number of rotatable bonds is 5. The molecule has 1 heterocycles. The maximum atomic E-state index is 10.1. The van der Waals surface area contributed by atoms with Gasteiger partial charge in [-0.15, -0.1) is 0 Å². The molecule has 0 atom stereocenters. The Hall–Kier alpha value is -1.32. The van der Waals surface area contributed by atoms with Crippen LogP contribution in [0.2, 0.25) is 0 Å². The fourth-order valence-electron chi connectivity index (χ4n) is 1.16. The Morgan fingerprint density at radius 3 is 2.92 bits per heavy atom. The third-order valence-electron chi connectivity index (χ3n) is 1.91. The molecule has 0 spiro atoms. The largest absolute Gasteiger partial charge is 0.550 e. The number of carbonyl (C=O) groups is 1. The quantitative estimate of drug-likeness (QED) is 0.567. The fourth-order valence-corrected chi connectivity index (χ4v) is 1.16. The number of hydrogen-bond acceptors (Lipinski definition) is 2. The van der Waals surface area contributed by atoms with Gasteiger partial charge in [0.15, 0.2) is 0 Å². The Labute approximate surface area is 77.4 Å². The van der Waals surface area contributed by atoms with E-state index < -0.39 is 5.97 Å². The molecule has 0 aliphatic rings. The smallest absolute Gasteiger partial charge is 0.243 e. The molecule has 4 heteroatoms. The number of hydrogen-bond donors (Lipinski definition) is 0. The van der Waals surface area contributed by atoms with Crippen LogP contribution in [0.4, 0.5) is 0 Å². The van der Waals surface area contributed by atoms with Crippen LogP contribution >= 0.6 is 0 Å². The van der Waals surface area contributed by atoms with Crippen LogP contribution in [-0.2, 0) is 17.9 Å². The second kappa shape index (κ2) is 4.64. The SMILES string of the molecule is CCn1cc[n+](CCCC(=O)[O-])c1. The lowest BCUT2D eigenvalue weighted by Gasteiger charge is -1.98. The lowest BCUT2D eigenvalue weighted by molar-refractivity contribution is -0.696. The number of aromatic nitrogens is 2. The number of carboxylic acids is 1. The second-order valence-corrected chi connectivity index (χ2v) is 2.96. The Morgan fingerprint density at radius 1 is 1.62 bits per heavy atom. The standard InChI is InChI=1S/C9H14N2O2/c1-2-10-6-7-11(8-10)5-3-4-9(12)13/h6-8H,2-5H2,1H3. The van der Waals surface area contributed by atoms with Crippen molar-refractivity contribution in [1.29, 1.82) is 0 Å². The zero-order valence-corrected chi connectivity index (χ0v) is 7.77. The fraction of sp³-hybridized carbons (Fsp3) is 0.556. The maximum Gasteiger partial charge on any atom is 0.243 e. The van der Waals surface area contributed by atoms with E-state index in [-0.39, 0.29) is 6.42 Å². The zero-order valence-electron chi connectivity index (χ0n) is 7.77. The molecule has 0 amide bonds. The van der Waals surface area contributed by atoms with Gasteiger partial charge in [0.25, 0.3) is 0 Å². The van der Waals surface area contributed by atoms with Crippen molar-refractivity contribution in [2.45, 2.75) is 32.9 Å². The summed E-state index contributed by atoms with van der Waals surface area (Å²) < 4.78 is 4.02. The highest BCUT2D eigenvalue weighted by Gasteiger charge is 2.00. The van der Waals surface area contributed by atoms with E-state index in [1.165, 1.54) is 0 Å². The van der Waals surface area contributed by atoms with E-state index in [1.807, 2.05) is 27.9 Å². The lowest BCUT2D eigenvalue weighted by Crippen LogP contribution is -2.32. The monoisotopic (exact) mass is 182 g/mol. The van der Waals surface area contributed by atoms with E-state index in [0.717, 1.165) is 13.1 Å². The number of aryl methyl sites for hydroxylation is 2. The van der Waals surface area contributed by atoms with E-state index in [4.69, 9.17) is 0 Å². The average molecular weight is 182 g/mol.